The molecular formula is C14H23ClN2O. The van der Waals surface area contributed by atoms with Crippen molar-refractivity contribution in [3.63, 3.8) is 0 Å². The molecule has 1 aromatic carbocycles. The van der Waals surface area contributed by atoms with Crippen LogP contribution in [0, 0.1) is 0 Å². The number of hydrogen-bond acceptors (Lipinski definition) is 3. The minimum atomic E-state index is -0.228. The number of benzene rings is 1. The number of rotatable bonds is 7. The largest absolute Gasteiger partial charge is 0.377 e. The van der Waals surface area contributed by atoms with Crippen molar-refractivity contribution in [3.8, 4) is 0 Å². The number of methoxy groups -OCH3 is 1. The van der Waals surface area contributed by atoms with E-state index in [1.54, 1.807) is 7.11 Å². The minimum Gasteiger partial charge on any atom is -0.377 e. The van der Waals surface area contributed by atoms with Gasteiger partial charge in [-0.3, -0.25) is 11.3 Å². The number of halogens is 1. The zero-order chi connectivity index (χ0) is 13.6. The maximum Gasteiger partial charge on any atom is 0.0842 e. The third kappa shape index (κ3) is 3.45. The Morgan fingerprint density at radius 1 is 1.28 bits per heavy atom. The number of nitrogens with two attached hydrogens (primary N) is 1. The molecule has 0 aliphatic carbocycles. The van der Waals surface area contributed by atoms with Crippen molar-refractivity contribution in [1.29, 1.82) is 0 Å². The molecule has 1 rings (SSSR count). The normalized spacial score (nSPS) is 13.6. The van der Waals surface area contributed by atoms with Crippen LogP contribution in [0.5, 0.6) is 0 Å². The molecule has 3 nitrogen and oxygen atoms in total. The smallest absolute Gasteiger partial charge is 0.0842 e. The molecule has 0 radical (unpaired) electrons. The van der Waals surface area contributed by atoms with Crippen molar-refractivity contribution >= 4 is 11.6 Å². The van der Waals surface area contributed by atoms with E-state index >= 15 is 0 Å². The van der Waals surface area contributed by atoms with Crippen LogP contribution in [0.2, 0.25) is 5.02 Å². The van der Waals surface area contributed by atoms with E-state index in [-0.39, 0.29) is 11.6 Å². The zero-order valence-electron chi connectivity index (χ0n) is 11.4. The summed E-state index contributed by atoms with van der Waals surface area (Å²) >= 11 is 5.89. The van der Waals surface area contributed by atoms with E-state index in [0.29, 0.717) is 0 Å². The van der Waals surface area contributed by atoms with Gasteiger partial charge in [-0.25, -0.2) is 0 Å². The molecule has 0 saturated carbocycles. The molecule has 102 valence electrons. The van der Waals surface area contributed by atoms with Gasteiger partial charge in [0.2, 0.25) is 0 Å². The van der Waals surface area contributed by atoms with Gasteiger partial charge >= 0.3 is 0 Å². The average molecular weight is 271 g/mol. The summed E-state index contributed by atoms with van der Waals surface area (Å²) in [5, 5.41) is 0.750. The Balaban J connectivity index is 2.86. The van der Waals surface area contributed by atoms with Crippen LogP contribution in [0.15, 0.2) is 24.3 Å². The summed E-state index contributed by atoms with van der Waals surface area (Å²) < 4.78 is 5.72. The van der Waals surface area contributed by atoms with Crippen LogP contribution < -0.4 is 11.3 Å². The van der Waals surface area contributed by atoms with Gasteiger partial charge in [-0.05, 0) is 37.0 Å². The fourth-order valence-corrected chi connectivity index (χ4v) is 2.55. The first-order valence-corrected chi connectivity index (χ1v) is 6.75. The molecule has 4 heteroatoms. The number of hydrogen-bond donors (Lipinski definition) is 2. The molecule has 0 spiro atoms. The Kier molecular flexibility index (Phi) is 6.09. The van der Waals surface area contributed by atoms with E-state index in [1.165, 1.54) is 5.56 Å². The van der Waals surface area contributed by atoms with Crippen LogP contribution in [0.25, 0.3) is 0 Å². The molecule has 0 heterocycles. The second kappa shape index (κ2) is 7.10. The predicted octanol–water partition coefficient (Wildman–Crippen LogP) is 2.92. The van der Waals surface area contributed by atoms with Gasteiger partial charge < -0.3 is 4.74 Å². The molecule has 0 aliphatic heterocycles. The van der Waals surface area contributed by atoms with Crippen molar-refractivity contribution in [2.45, 2.75) is 44.8 Å². The summed E-state index contributed by atoms with van der Waals surface area (Å²) in [5.74, 6) is 5.71. The van der Waals surface area contributed by atoms with Gasteiger partial charge in [-0.2, -0.15) is 0 Å². The lowest BCUT2D eigenvalue weighted by molar-refractivity contribution is -0.0473. The lowest BCUT2D eigenvalue weighted by Gasteiger charge is -2.38. The van der Waals surface area contributed by atoms with Gasteiger partial charge in [0, 0.05) is 12.1 Å². The fourth-order valence-electron chi connectivity index (χ4n) is 2.43. The second-order valence-corrected chi connectivity index (χ2v) is 4.96. The Morgan fingerprint density at radius 3 is 2.22 bits per heavy atom. The highest BCUT2D eigenvalue weighted by Crippen LogP contribution is 2.26. The molecule has 0 aromatic heterocycles. The van der Waals surface area contributed by atoms with Crippen LogP contribution in [0.4, 0.5) is 0 Å². The molecule has 1 aromatic rings. The van der Waals surface area contributed by atoms with Gasteiger partial charge in [-0.1, -0.05) is 37.6 Å². The zero-order valence-corrected chi connectivity index (χ0v) is 12.1. The second-order valence-electron chi connectivity index (χ2n) is 4.53. The first-order valence-electron chi connectivity index (χ1n) is 6.37. The monoisotopic (exact) mass is 270 g/mol. The third-order valence-corrected chi connectivity index (χ3v) is 4.04. The topological polar surface area (TPSA) is 47.3 Å². The molecule has 1 atom stereocenters. The molecule has 18 heavy (non-hydrogen) atoms. The molecule has 3 N–H and O–H groups in total. The number of nitrogens with one attached hydrogen (secondary N) is 1. The minimum absolute atomic E-state index is 0.0821. The lowest BCUT2D eigenvalue weighted by atomic mass is 9.85. The van der Waals surface area contributed by atoms with Crippen molar-refractivity contribution in [3.05, 3.63) is 34.9 Å². The first-order chi connectivity index (χ1) is 8.61. The summed E-state index contributed by atoms with van der Waals surface area (Å²) in [6.07, 6.45) is 2.66. The van der Waals surface area contributed by atoms with Gasteiger partial charge in [0.05, 0.1) is 11.6 Å². The van der Waals surface area contributed by atoms with E-state index in [1.807, 2.05) is 24.3 Å². The highest BCUT2D eigenvalue weighted by Gasteiger charge is 2.35. The quantitative estimate of drug-likeness (QED) is 0.592. The van der Waals surface area contributed by atoms with Crippen LogP contribution in [-0.2, 0) is 11.2 Å². The first kappa shape index (κ1) is 15.4. The standard InChI is InChI=1S/C14H23ClN2O/c1-4-14(5-2,18-3)13(17-16)10-11-6-8-12(15)9-7-11/h6-9,13,17H,4-5,10,16H2,1-3H3. The number of hydrazine groups is 1. The maximum absolute atomic E-state index is 5.89. The van der Waals surface area contributed by atoms with Crippen LogP contribution in [0.3, 0.4) is 0 Å². The van der Waals surface area contributed by atoms with Gasteiger partial charge in [0.25, 0.3) is 0 Å². The van der Waals surface area contributed by atoms with E-state index in [9.17, 15) is 0 Å². The maximum atomic E-state index is 5.89. The van der Waals surface area contributed by atoms with E-state index in [4.69, 9.17) is 22.2 Å². The Bertz CT molecular complexity index is 341. The van der Waals surface area contributed by atoms with Crippen molar-refractivity contribution in [1.82, 2.24) is 5.43 Å². The van der Waals surface area contributed by atoms with Crippen LogP contribution in [0.1, 0.15) is 32.3 Å². The lowest BCUT2D eigenvalue weighted by Crippen LogP contribution is -2.55. The predicted molar refractivity (Wildman–Crippen MR) is 76.6 cm³/mol. The molecule has 1 unspecified atom stereocenters. The SMILES string of the molecule is CCC(CC)(OC)C(Cc1ccc(Cl)cc1)NN. The third-order valence-electron chi connectivity index (χ3n) is 3.79. The Morgan fingerprint density at radius 2 is 1.83 bits per heavy atom. The van der Waals surface area contributed by atoms with E-state index in [0.717, 1.165) is 24.3 Å². The van der Waals surface area contributed by atoms with E-state index < -0.39 is 0 Å². The molecular weight excluding hydrogens is 248 g/mol. The summed E-state index contributed by atoms with van der Waals surface area (Å²) in [6, 6.07) is 7.93. The van der Waals surface area contributed by atoms with Crippen molar-refractivity contribution in [2.24, 2.45) is 5.84 Å². The van der Waals surface area contributed by atoms with Crippen molar-refractivity contribution < 1.29 is 4.74 Å². The van der Waals surface area contributed by atoms with Crippen LogP contribution >= 0.6 is 11.6 Å². The summed E-state index contributed by atoms with van der Waals surface area (Å²) in [4.78, 5) is 0. The molecule has 0 bridgehead atoms. The highest BCUT2D eigenvalue weighted by molar-refractivity contribution is 6.30. The Hall–Kier alpha value is -0.610. The number of ether oxygens (including phenoxy) is 1. The van der Waals surface area contributed by atoms with Gasteiger partial charge in [-0.15, -0.1) is 0 Å². The summed E-state index contributed by atoms with van der Waals surface area (Å²) in [6.45, 7) is 4.25. The molecule has 0 saturated heterocycles. The summed E-state index contributed by atoms with van der Waals surface area (Å²) in [7, 11) is 1.75. The average Bonchev–Trinajstić information content (AvgIpc) is 2.42. The van der Waals surface area contributed by atoms with Gasteiger partial charge in [0.15, 0.2) is 0 Å². The van der Waals surface area contributed by atoms with E-state index in [2.05, 4.69) is 19.3 Å². The fraction of sp³-hybridized carbons (Fsp3) is 0.571. The molecule has 0 fully saturated rings. The summed E-state index contributed by atoms with van der Waals surface area (Å²) in [5.41, 5.74) is 3.87. The Labute approximate surface area is 115 Å². The van der Waals surface area contributed by atoms with Crippen molar-refractivity contribution in [2.75, 3.05) is 7.11 Å². The van der Waals surface area contributed by atoms with Crippen LogP contribution in [-0.4, -0.2) is 18.8 Å². The molecule has 0 aliphatic rings. The van der Waals surface area contributed by atoms with Gasteiger partial charge in [0.1, 0.15) is 0 Å². The molecule has 0 amide bonds. The highest BCUT2D eigenvalue weighted by atomic mass is 35.5.